The van der Waals surface area contributed by atoms with Gasteiger partial charge in [-0.05, 0) is 45.9 Å². The van der Waals surface area contributed by atoms with Crippen molar-refractivity contribution in [3.8, 4) is 0 Å². The summed E-state index contributed by atoms with van der Waals surface area (Å²) in [6.45, 7) is 7.21. The van der Waals surface area contributed by atoms with Crippen molar-refractivity contribution in [1.29, 1.82) is 0 Å². The van der Waals surface area contributed by atoms with Crippen LogP contribution in [0.2, 0.25) is 5.02 Å². The molecule has 0 heterocycles. The van der Waals surface area contributed by atoms with Crippen LogP contribution >= 0.6 is 11.6 Å². The number of anilines is 1. The molecular formula is C14H21ClN4O2. The second-order valence-corrected chi connectivity index (χ2v) is 6.21. The molecule has 21 heavy (non-hydrogen) atoms. The summed E-state index contributed by atoms with van der Waals surface area (Å²) in [6.07, 6.45) is 0. The predicted molar refractivity (Wildman–Crippen MR) is 84.1 cm³/mol. The molecule has 116 valence electrons. The van der Waals surface area contributed by atoms with Crippen LogP contribution in [-0.4, -0.2) is 23.4 Å². The normalized spacial score (nSPS) is 12.5. The molecule has 0 fully saturated rings. The second-order valence-electron chi connectivity index (χ2n) is 5.77. The van der Waals surface area contributed by atoms with Crippen LogP contribution in [0.5, 0.6) is 0 Å². The topological polar surface area (TPSA) is 96.2 Å². The molecule has 1 atom stereocenters. The van der Waals surface area contributed by atoms with Crippen molar-refractivity contribution < 1.29 is 9.59 Å². The van der Waals surface area contributed by atoms with Gasteiger partial charge in [-0.3, -0.25) is 15.4 Å². The molecule has 0 spiro atoms. The Morgan fingerprint density at radius 2 is 1.90 bits per heavy atom. The molecule has 6 nitrogen and oxygen atoms in total. The highest BCUT2D eigenvalue weighted by Gasteiger charge is 2.22. The van der Waals surface area contributed by atoms with Crippen LogP contribution < -0.4 is 21.9 Å². The number of rotatable bonds is 4. The summed E-state index contributed by atoms with van der Waals surface area (Å²) in [5.74, 6) is 4.67. The van der Waals surface area contributed by atoms with E-state index in [0.29, 0.717) is 10.7 Å². The van der Waals surface area contributed by atoms with E-state index in [0.717, 1.165) is 0 Å². The molecule has 0 bridgehead atoms. The van der Waals surface area contributed by atoms with Gasteiger partial charge >= 0.3 is 0 Å². The van der Waals surface area contributed by atoms with Gasteiger partial charge in [-0.1, -0.05) is 11.6 Å². The van der Waals surface area contributed by atoms with Crippen LogP contribution in [0.1, 0.15) is 38.1 Å². The number of carbonyl (C=O) groups excluding carboxylic acids is 2. The van der Waals surface area contributed by atoms with E-state index in [2.05, 4.69) is 16.1 Å². The minimum atomic E-state index is -0.679. The summed E-state index contributed by atoms with van der Waals surface area (Å²) in [5, 5.41) is 5.82. The summed E-state index contributed by atoms with van der Waals surface area (Å²) < 4.78 is 0. The zero-order chi connectivity index (χ0) is 16.2. The molecule has 0 radical (unpaired) electrons. The van der Waals surface area contributed by atoms with Gasteiger partial charge < -0.3 is 16.1 Å². The predicted octanol–water partition coefficient (Wildman–Crippen LogP) is 1.66. The van der Waals surface area contributed by atoms with Crippen molar-refractivity contribution in [3.05, 3.63) is 28.8 Å². The fourth-order valence-corrected chi connectivity index (χ4v) is 1.82. The average molecular weight is 313 g/mol. The molecule has 1 rings (SSSR count). The van der Waals surface area contributed by atoms with Gasteiger partial charge in [-0.25, -0.2) is 0 Å². The van der Waals surface area contributed by atoms with E-state index in [9.17, 15) is 9.59 Å². The van der Waals surface area contributed by atoms with Crippen molar-refractivity contribution >= 4 is 29.1 Å². The highest BCUT2D eigenvalue weighted by Crippen LogP contribution is 2.19. The third kappa shape index (κ3) is 5.24. The average Bonchev–Trinajstić information content (AvgIpc) is 2.36. The highest BCUT2D eigenvalue weighted by atomic mass is 35.5. The number of benzene rings is 1. The molecule has 0 aromatic heterocycles. The largest absolute Gasteiger partial charge is 0.350 e. The Morgan fingerprint density at radius 1 is 1.29 bits per heavy atom. The number of nitrogen functional groups attached to an aromatic ring is 1. The van der Waals surface area contributed by atoms with Crippen molar-refractivity contribution in [2.45, 2.75) is 39.3 Å². The number of hydrogen-bond donors (Lipinski definition) is 4. The minimum absolute atomic E-state index is 0.264. The minimum Gasteiger partial charge on any atom is -0.350 e. The number of nitrogens with one attached hydrogen (secondary N) is 3. The van der Waals surface area contributed by atoms with Crippen molar-refractivity contribution in [2.75, 3.05) is 5.43 Å². The van der Waals surface area contributed by atoms with E-state index in [1.807, 2.05) is 20.8 Å². The molecule has 0 aliphatic carbocycles. The summed E-state index contributed by atoms with van der Waals surface area (Å²) in [7, 11) is 0. The lowest BCUT2D eigenvalue weighted by molar-refractivity contribution is -0.124. The quantitative estimate of drug-likeness (QED) is 0.502. The van der Waals surface area contributed by atoms with Crippen molar-refractivity contribution in [1.82, 2.24) is 10.6 Å². The third-order valence-corrected chi connectivity index (χ3v) is 2.86. The van der Waals surface area contributed by atoms with E-state index in [4.69, 9.17) is 17.4 Å². The number of halogens is 1. The van der Waals surface area contributed by atoms with Gasteiger partial charge in [0.2, 0.25) is 5.91 Å². The fraction of sp³-hybridized carbons (Fsp3) is 0.429. The molecular weight excluding hydrogens is 292 g/mol. The summed E-state index contributed by atoms with van der Waals surface area (Å²) in [4.78, 5) is 24.2. The Labute approximate surface area is 129 Å². The third-order valence-electron chi connectivity index (χ3n) is 2.62. The molecule has 7 heteroatoms. The first-order valence-electron chi connectivity index (χ1n) is 6.53. The maximum Gasteiger partial charge on any atom is 0.254 e. The van der Waals surface area contributed by atoms with E-state index < -0.39 is 11.9 Å². The molecule has 0 saturated carbocycles. The zero-order valence-electron chi connectivity index (χ0n) is 12.6. The molecule has 0 aliphatic heterocycles. The van der Waals surface area contributed by atoms with Gasteiger partial charge in [0.15, 0.2) is 0 Å². The Bertz CT molecular complexity index is 540. The molecule has 0 saturated heterocycles. The van der Waals surface area contributed by atoms with Crippen molar-refractivity contribution in [2.24, 2.45) is 5.84 Å². The first-order valence-corrected chi connectivity index (χ1v) is 6.91. The molecule has 1 unspecified atom stereocenters. The lowest BCUT2D eigenvalue weighted by atomic mass is 10.1. The van der Waals surface area contributed by atoms with Crippen LogP contribution in [-0.2, 0) is 4.79 Å². The fourth-order valence-electron chi connectivity index (χ4n) is 1.65. The molecule has 0 aliphatic rings. The van der Waals surface area contributed by atoms with Gasteiger partial charge in [-0.15, -0.1) is 0 Å². The summed E-state index contributed by atoms with van der Waals surface area (Å²) >= 11 is 5.88. The second kappa shape index (κ2) is 6.78. The van der Waals surface area contributed by atoms with Gasteiger partial charge in [0.05, 0.1) is 11.3 Å². The standard InChI is InChI=1S/C14H21ClN4O2/c1-8(12(20)18-14(2,3)4)17-13(21)10-7-9(15)5-6-11(10)19-16/h5-8,19H,16H2,1-4H3,(H,17,21)(H,18,20). The van der Waals surface area contributed by atoms with Crippen LogP contribution in [0.15, 0.2) is 18.2 Å². The zero-order valence-corrected chi connectivity index (χ0v) is 13.3. The Hall–Kier alpha value is -1.79. The van der Waals surface area contributed by atoms with Gasteiger partial charge in [0.1, 0.15) is 6.04 Å². The lowest BCUT2D eigenvalue weighted by Crippen LogP contribution is -2.50. The lowest BCUT2D eigenvalue weighted by Gasteiger charge is -2.23. The van der Waals surface area contributed by atoms with Crippen LogP contribution in [0.25, 0.3) is 0 Å². The Balaban J connectivity index is 2.81. The van der Waals surface area contributed by atoms with Gasteiger partial charge in [0, 0.05) is 10.6 Å². The van der Waals surface area contributed by atoms with Gasteiger partial charge in [-0.2, -0.15) is 0 Å². The van der Waals surface area contributed by atoms with Gasteiger partial charge in [0.25, 0.3) is 5.91 Å². The maximum absolute atomic E-state index is 12.2. The summed E-state index contributed by atoms with van der Waals surface area (Å²) in [5.41, 5.74) is 2.77. The first kappa shape index (κ1) is 17.3. The SMILES string of the molecule is CC(NC(=O)c1cc(Cl)ccc1NN)C(=O)NC(C)(C)C. The number of hydrazine groups is 1. The smallest absolute Gasteiger partial charge is 0.254 e. The van der Waals surface area contributed by atoms with Crippen LogP contribution in [0.4, 0.5) is 5.69 Å². The molecule has 1 aromatic rings. The van der Waals surface area contributed by atoms with Crippen LogP contribution in [0.3, 0.4) is 0 Å². The first-order chi connectivity index (χ1) is 9.64. The number of nitrogens with two attached hydrogens (primary N) is 1. The van der Waals surface area contributed by atoms with E-state index >= 15 is 0 Å². The highest BCUT2D eigenvalue weighted by molar-refractivity contribution is 6.31. The maximum atomic E-state index is 12.2. The van der Waals surface area contributed by atoms with E-state index in [-0.39, 0.29) is 17.0 Å². The van der Waals surface area contributed by atoms with Crippen LogP contribution in [0, 0.1) is 0 Å². The number of hydrogen-bond acceptors (Lipinski definition) is 4. The Kier molecular flexibility index (Phi) is 5.57. The number of carbonyl (C=O) groups is 2. The monoisotopic (exact) mass is 312 g/mol. The molecule has 1 aromatic carbocycles. The summed E-state index contributed by atoms with van der Waals surface area (Å²) in [6, 6.07) is 4.02. The Morgan fingerprint density at radius 3 is 2.43 bits per heavy atom. The van der Waals surface area contributed by atoms with Crippen molar-refractivity contribution in [3.63, 3.8) is 0 Å². The molecule has 5 N–H and O–H groups in total. The van der Waals surface area contributed by atoms with E-state index in [1.165, 1.54) is 6.07 Å². The molecule has 2 amide bonds. The van der Waals surface area contributed by atoms with E-state index in [1.54, 1.807) is 19.1 Å². The number of amides is 2.